The van der Waals surface area contributed by atoms with E-state index >= 15 is 0 Å². The Labute approximate surface area is 117 Å². The molecule has 1 fully saturated rings. The van der Waals surface area contributed by atoms with Crippen molar-refractivity contribution in [3.63, 3.8) is 0 Å². The summed E-state index contributed by atoms with van der Waals surface area (Å²) in [5, 5.41) is 2.64. The van der Waals surface area contributed by atoms with E-state index in [0.717, 1.165) is 0 Å². The van der Waals surface area contributed by atoms with Crippen LogP contribution >= 0.6 is 0 Å². The Morgan fingerprint density at radius 1 is 1.60 bits per heavy atom. The number of benzene rings is 1. The van der Waals surface area contributed by atoms with Gasteiger partial charge in [-0.3, -0.25) is 9.59 Å². The summed E-state index contributed by atoms with van der Waals surface area (Å²) >= 11 is 0. The van der Waals surface area contributed by atoms with E-state index in [1.54, 1.807) is 24.0 Å². The van der Waals surface area contributed by atoms with E-state index < -0.39 is 5.92 Å². The van der Waals surface area contributed by atoms with E-state index in [1.165, 1.54) is 12.1 Å². The molecule has 5 heteroatoms. The van der Waals surface area contributed by atoms with Gasteiger partial charge in [-0.2, -0.15) is 0 Å². The molecule has 1 heterocycles. The summed E-state index contributed by atoms with van der Waals surface area (Å²) in [5.74, 6) is -1.52. The van der Waals surface area contributed by atoms with Gasteiger partial charge in [-0.15, -0.1) is 6.58 Å². The molecule has 0 aliphatic carbocycles. The molecule has 20 heavy (non-hydrogen) atoms. The molecule has 2 amide bonds. The van der Waals surface area contributed by atoms with E-state index in [-0.39, 0.29) is 17.6 Å². The van der Waals surface area contributed by atoms with Crippen LogP contribution in [0.1, 0.15) is 12.0 Å². The largest absolute Gasteiger partial charge is 0.352 e. The summed E-state index contributed by atoms with van der Waals surface area (Å²) in [5.41, 5.74) is 1.35. The van der Waals surface area contributed by atoms with Gasteiger partial charge in [0.05, 0.1) is 0 Å². The van der Waals surface area contributed by atoms with Crippen LogP contribution in [-0.4, -0.2) is 24.9 Å². The molecule has 1 saturated heterocycles. The van der Waals surface area contributed by atoms with Gasteiger partial charge < -0.3 is 10.2 Å². The smallest absolute Gasteiger partial charge is 0.239 e. The summed E-state index contributed by atoms with van der Waals surface area (Å²) in [4.78, 5) is 25.7. The van der Waals surface area contributed by atoms with Gasteiger partial charge in [0.15, 0.2) is 0 Å². The van der Waals surface area contributed by atoms with Gasteiger partial charge in [-0.25, -0.2) is 4.39 Å². The summed E-state index contributed by atoms with van der Waals surface area (Å²) < 4.78 is 13.1. The maximum absolute atomic E-state index is 13.1. The highest BCUT2D eigenvalue weighted by Crippen LogP contribution is 2.28. The fourth-order valence-corrected chi connectivity index (χ4v) is 2.38. The molecule has 1 aliphatic rings. The number of amides is 2. The minimum Gasteiger partial charge on any atom is -0.352 e. The number of carbonyl (C=O) groups excluding carboxylic acids is 2. The first kappa shape index (κ1) is 14.2. The molecule has 2 rings (SSSR count). The molecule has 1 aromatic rings. The number of carbonyl (C=O) groups is 2. The van der Waals surface area contributed by atoms with Crippen LogP contribution in [0, 0.1) is 18.7 Å². The van der Waals surface area contributed by atoms with Crippen LogP contribution in [0.5, 0.6) is 0 Å². The molecular weight excluding hydrogens is 259 g/mol. The Hall–Kier alpha value is -2.17. The normalized spacial score (nSPS) is 18.2. The van der Waals surface area contributed by atoms with Gasteiger partial charge in [-0.1, -0.05) is 6.08 Å². The lowest BCUT2D eigenvalue weighted by Crippen LogP contribution is -2.37. The van der Waals surface area contributed by atoms with Crippen molar-refractivity contribution < 1.29 is 14.0 Å². The van der Waals surface area contributed by atoms with Gasteiger partial charge in [0.2, 0.25) is 11.8 Å². The maximum atomic E-state index is 13.1. The third-order valence-electron chi connectivity index (χ3n) is 3.39. The highest BCUT2D eigenvalue weighted by molar-refractivity contribution is 6.09. The fourth-order valence-electron chi connectivity index (χ4n) is 2.38. The number of hydrogen-bond acceptors (Lipinski definition) is 2. The molecule has 1 aromatic carbocycles. The molecule has 0 bridgehead atoms. The lowest BCUT2D eigenvalue weighted by atomic mass is 10.1. The standard InChI is InChI=1S/C15H17FN2O2/c1-3-7-17-14(19)12-6-8-18(15(12)20)13-5-4-11(16)9-10(13)2/h3-5,9,12H,1,6-8H2,2H3,(H,17,19). The average molecular weight is 276 g/mol. The van der Waals surface area contributed by atoms with E-state index in [0.29, 0.717) is 30.8 Å². The van der Waals surface area contributed by atoms with Crippen molar-refractivity contribution in [2.24, 2.45) is 5.92 Å². The first-order chi connectivity index (χ1) is 9.54. The molecule has 0 radical (unpaired) electrons. The first-order valence-electron chi connectivity index (χ1n) is 6.50. The molecular formula is C15H17FN2O2. The SMILES string of the molecule is C=CCNC(=O)C1CCN(c2ccc(F)cc2C)C1=O. The zero-order chi connectivity index (χ0) is 14.7. The molecule has 1 atom stereocenters. The van der Waals surface area contributed by atoms with Crippen molar-refractivity contribution in [3.05, 3.63) is 42.2 Å². The third kappa shape index (κ3) is 2.71. The second-order valence-electron chi connectivity index (χ2n) is 4.80. The second-order valence-corrected chi connectivity index (χ2v) is 4.80. The topological polar surface area (TPSA) is 49.4 Å². The number of nitrogens with zero attached hydrogens (tertiary/aromatic N) is 1. The fraction of sp³-hybridized carbons (Fsp3) is 0.333. The van der Waals surface area contributed by atoms with Gasteiger partial charge >= 0.3 is 0 Å². The predicted molar refractivity (Wildman–Crippen MR) is 74.8 cm³/mol. The molecule has 4 nitrogen and oxygen atoms in total. The van der Waals surface area contributed by atoms with Crippen LogP contribution in [-0.2, 0) is 9.59 Å². The Kier molecular flexibility index (Phi) is 4.17. The Morgan fingerprint density at radius 2 is 2.35 bits per heavy atom. The molecule has 0 aromatic heterocycles. The number of hydrogen-bond donors (Lipinski definition) is 1. The van der Waals surface area contributed by atoms with E-state index in [4.69, 9.17) is 0 Å². The van der Waals surface area contributed by atoms with Gasteiger partial charge in [-0.05, 0) is 37.1 Å². The van der Waals surface area contributed by atoms with Crippen molar-refractivity contribution in [2.75, 3.05) is 18.0 Å². The zero-order valence-electron chi connectivity index (χ0n) is 11.4. The highest BCUT2D eigenvalue weighted by atomic mass is 19.1. The Morgan fingerprint density at radius 3 is 3.00 bits per heavy atom. The van der Waals surface area contributed by atoms with Gasteiger partial charge in [0.25, 0.3) is 0 Å². The van der Waals surface area contributed by atoms with Crippen molar-refractivity contribution in [3.8, 4) is 0 Å². The highest BCUT2D eigenvalue weighted by Gasteiger charge is 2.37. The van der Waals surface area contributed by atoms with Crippen LogP contribution < -0.4 is 10.2 Å². The van der Waals surface area contributed by atoms with Crippen molar-refractivity contribution in [2.45, 2.75) is 13.3 Å². The molecule has 106 valence electrons. The Bertz CT molecular complexity index is 557. The minimum atomic E-state index is -0.667. The molecule has 1 N–H and O–H groups in total. The average Bonchev–Trinajstić information content (AvgIpc) is 2.78. The molecule has 0 saturated carbocycles. The number of halogens is 1. The van der Waals surface area contributed by atoms with Crippen LogP contribution in [0.2, 0.25) is 0 Å². The van der Waals surface area contributed by atoms with Crippen molar-refractivity contribution >= 4 is 17.5 Å². The monoisotopic (exact) mass is 276 g/mol. The first-order valence-corrected chi connectivity index (χ1v) is 6.50. The van der Waals surface area contributed by atoms with E-state index in [1.807, 2.05) is 0 Å². The van der Waals surface area contributed by atoms with Gasteiger partial charge in [0.1, 0.15) is 11.7 Å². The van der Waals surface area contributed by atoms with Crippen LogP contribution in [0.25, 0.3) is 0 Å². The summed E-state index contributed by atoms with van der Waals surface area (Å²) in [6.07, 6.45) is 2.04. The third-order valence-corrected chi connectivity index (χ3v) is 3.39. The van der Waals surface area contributed by atoms with E-state index in [9.17, 15) is 14.0 Å². The van der Waals surface area contributed by atoms with Crippen LogP contribution in [0.3, 0.4) is 0 Å². The quantitative estimate of drug-likeness (QED) is 0.673. The lowest BCUT2D eigenvalue weighted by Gasteiger charge is -2.19. The Balaban J connectivity index is 2.14. The zero-order valence-corrected chi connectivity index (χ0v) is 11.4. The molecule has 1 unspecified atom stereocenters. The second kappa shape index (κ2) is 5.86. The molecule has 0 spiro atoms. The number of rotatable bonds is 4. The molecule has 1 aliphatic heterocycles. The van der Waals surface area contributed by atoms with Crippen molar-refractivity contribution in [1.82, 2.24) is 5.32 Å². The van der Waals surface area contributed by atoms with Gasteiger partial charge in [0, 0.05) is 18.8 Å². The van der Waals surface area contributed by atoms with Crippen molar-refractivity contribution in [1.29, 1.82) is 0 Å². The predicted octanol–water partition coefficient (Wildman–Crippen LogP) is 1.79. The van der Waals surface area contributed by atoms with Crippen LogP contribution in [0.15, 0.2) is 30.9 Å². The number of nitrogens with one attached hydrogen (secondary N) is 1. The lowest BCUT2D eigenvalue weighted by molar-refractivity contribution is -0.131. The number of aryl methyl sites for hydroxylation is 1. The summed E-state index contributed by atoms with van der Waals surface area (Å²) in [7, 11) is 0. The maximum Gasteiger partial charge on any atom is 0.239 e. The summed E-state index contributed by atoms with van der Waals surface area (Å²) in [6, 6.07) is 4.28. The van der Waals surface area contributed by atoms with E-state index in [2.05, 4.69) is 11.9 Å². The minimum absolute atomic E-state index is 0.235. The number of anilines is 1. The van der Waals surface area contributed by atoms with Crippen LogP contribution in [0.4, 0.5) is 10.1 Å². The summed E-state index contributed by atoms with van der Waals surface area (Å²) in [6.45, 7) is 6.08.